The number of rotatable bonds is 5. The van der Waals surface area contributed by atoms with Crippen molar-refractivity contribution in [3.8, 4) is 0 Å². The maximum absolute atomic E-state index is 12.2. The van der Waals surface area contributed by atoms with Gasteiger partial charge in [-0.3, -0.25) is 9.59 Å². The number of amides is 2. The lowest BCUT2D eigenvalue weighted by Crippen LogP contribution is -2.29. The van der Waals surface area contributed by atoms with Gasteiger partial charge in [0.2, 0.25) is 5.91 Å². The smallest absolute Gasteiger partial charge is 0.339 e. The number of azo groups is 1. The molecule has 0 fully saturated rings. The minimum atomic E-state index is -4.26. The van der Waals surface area contributed by atoms with Crippen molar-refractivity contribution in [3.05, 3.63) is 35.5 Å². The number of nitrogens with one attached hydrogen (secondary N) is 1. The van der Waals surface area contributed by atoms with Crippen LogP contribution < -0.4 is 4.72 Å². The average Bonchev–Trinajstić information content (AvgIpc) is 2.91. The van der Waals surface area contributed by atoms with E-state index in [9.17, 15) is 22.8 Å². The first-order valence-electron chi connectivity index (χ1n) is 6.76. The maximum atomic E-state index is 12.2. The zero-order valence-electron chi connectivity index (χ0n) is 12.8. The zero-order chi connectivity index (χ0) is 17.9. The fourth-order valence-electron chi connectivity index (χ4n) is 1.99. The average molecular weight is 351 g/mol. The Morgan fingerprint density at radius 2 is 2.00 bits per heavy atom. The van der Waals surface area contributed by atoms with Crippen LogP contribution in [0.15, 0.2) is 39.5 Å². The Balaban J connectivity index is 2.57. The molecule has 1 aromatic carbocycles. The first-order valence-corrected chi connectivity index (χ1v) is 8.25. The van der Waals surface area contributed by atoms with E-state index in [-0.39, 0.29) is 23.3 Å². The molecule has 1 aliphatic heterocycles. The molecule has 0 radical (unpaired) electrons. The minimum absolute atomic E-state index is 0.0228. The Labute approximate surface area is 137 Å². The third kappa shape index (κ3) is 3.54. The number of carbonyl (C=O) groups is 3. The third-order valence-electron chi connectivity index (χ3n) is 2.92. The Morgan fingerprint density at radius 1 is 1.29 bits per heavy atom. The number of carbonyl (C=O) groups excluding carboxylic acids is 3. The molecule has 0 atom stereocenters. The fraction of sp³-hybridized carbons (Fsp3) is 0.214. The quantitative estimate of drug-likeness (QED) is 0.788. The Kier molecular flexibility index (Phi) is 4.88. The Hall–Kier alpha value is -2.88. The molecule has 2 amide bonds. The summed E-state index contributed by atoms with van der Waals surface area (Å²) in [5.74, 6) is -2.31. The summed E-state index contributed by atoms with van der Waals surface area (Å²) in [7, 11) is -4.26. The van der Waals surface area contributed by atoms with Crippen LogP contribution in [0.1, 0.15) is 29.8 Å². The summed E-state index contributed by atoms with van der Waals surface area (Å²) in [6.07, 6.45) is 1.20. The van der Waals surface area contributed by atoms with E-state index in [4.69, 9.17) is 4.74 Å². The number of hydrogen-bond acceptors (Lipinski definition) is 7. The number of hydrogen-bond donors (Lipinski definition) is 1. The van der Waals surface area contributed by atoms with Crippen molar-refractivity contribution in [1.82, 2.24) is 4.72 Å². The molecule has 1 aliphatic rings. The normalized spacial score (nSPS) is 13.6. The molecule has 10 heteroatoms. The van der Waals surface area contributed by atoms with Crippen molar-refractivity contribution in [2.45, 2.75) is 18.7 Å². The molecule has 0 aliphatic carbocycles. The second-order valence-corrected chi connectivity index (χ2v) is 6.31. The molecule has 24 heavy (non-hydrogen) atoms. The molecule has 0 aromatic heterocycles. The van der Waals surface area contributed by atoms with Gasteiger partial charge in [0.1, 0.15) is 4.90 Å². The van der Waals surface area contributed by atoms with E-state index in [0.717, 1.165) is 13.0 Å². The van der Waals surface area contributed by atoms with Crippen LogP contribution in [0.4, 0.5) is 0 Å². The van der Waals surface area contributed by atoms with Gasteiger partial charge in [-0.1, -0.05) is 6.07 Å². The number of nitrogens with zero attached hydrogens (tertiary/aromatic N) is 2. The maximum Gasteiger partial charge on any atom is 0.339 e. The van der Waals surface area contributed by atoms with Crippen LogP contribution in [0.5, 0.6) is 0 Å². The van der Waals surface area contributed by atoms with E-state index in [1.54, 1.807) is 11.6 Å². The van der Waals surface area contributed by atoms with Gasteiger partial charge in [-0.2, -0.15) is 5.11 Å². The van der Waals surface area contributed by atoms with Crippen LogP contribution >= 0.6 is 0 Å². The van der Waals surface area contributed by atoms with Gasteiger partial charge in [0.25, 0.3) is 15.9 Å². The van der Waals surface area contributed by atoms with Crippen molar-refractivity contribution in [2.24, 2.45) is 10.2 Å². The highest BCUT2D eigenvalue weighted by Crippen LogP contribution is 2.26. The van der Waals surface area contributed by atoms with Gasteiger partial charge in [0.15, 0.2) is 0 Å². The summed E-state index contributed by atoms with van der Waals surface area (Å²) in [6.45, 7) is 2.61. The molecule has 0 saturated heterocycles. The molecule has 1 N–H and O–H groups in total. The van der Waals surface area contributed by atoms with Crippen molar-refractivity contribution in [2.75, 3.05) is 6.61 Å². The first-order chi connectivity index (χ1) is 11.3. The van der Waals surface area contributed by atoms with Crippen molar-refractivity contribution >= 4 is 33.4 Å². The number of benzene rings is 1. The lowest BCUT2D eigenvalue weighted by atomic mass is 10.0. The minimum Gasteiger partial charge on any atom is -0.462 e. The second kappa shape index (κ2) is 6.71. The number of ether oxygens (including phenoxy) is 1. The van der Waals surface area contributed by atoms with Gasteiger partial charge >= 0.3 is 5.97 Å². The summed E-state index contributed by atoms with van der Waals surface area (Å²) >= 11 is 0. The van der Waals surface area contributed by atoms with Crippen LogP contribution in [-0.4, -0.2) is 32.8 Å². The standard InChI is InChI=1S/C14H13N3O6S/c1-3-23-14(20)10-6-9(11-7-15-16-13(11)19)4-5-12(10)24(21,22)17-8(2)18/h4-7H,3H2,1-2H3,(H,17,18). The van der Waals surface area contributed by atoms with Gasteiger partial charge in [0.05, 0.1) is 23.9 Å². The third-order valence-corrected chi connectivity index (χ3v) is 4.41. The molecule has 1 heterocycles. The summed E-state index contributed by atoms with van der Waals surface area (Å²) in [5.41, 5.74) is 0.0718. The number of sulfonamides is 1. The molecule has 0 saturated carbocycles. The Morgan fingerprint density at radius 3 is 2.54 bits per heavy atom. The molecule has 126 valence electrons. The van der Waals surface area contributed by atoms with Crippen LogP contribution in [0, 0.1) is 0 Å². The van der Waals surface area contributed by atoms with E-state index < -0.39 is 32.7 Å². The Bertz CT molecular complexity index is 886. The molecule has 1 aromatic rings. The molecule has 0 unspecified atom stereocenters. The van der Waals surface area contributed by atoms with Crippen LogP contribution in [0.2, 0.25) is 0 Å². The molecule has 0 spiro atoms. The van der Waals surface area contributed by atoms with Crippen molar-refractivity contribution in [3.63, 3.8) is 0 Å². The largest absolute Gasteiger partial charge is 0.462 e. The highest BCUT2D eigenvalue weighted by molar-refractivity contribution is 7.90. The lowest BCUT2D eigenvalue weighted by molar-refractivity contribution is -0.117. The first kappa shape index (κ1) is 17.5. The van der Waals surface area contributed by atoms with Crippen molar-refractivity contribution < 1.29 is 27.5 Å². The lowest BCUT2D eigenvalue weighted by Gasteiger charge is -2.12. The predicted molar refractivity (Wildman–Crippen MR) is 81.2 cm³/mol. The topological polar surface area (TPSA) is 131 Å². The molecule has 0 bridgehead atoms. The van der Waals surface area contributed by atoms with E-state index >= 15 is 0 Å². The van der Waals surface area contributed by atoms with Gasteiger partial charge in [-0.15, -0.1) is 5.11 Å². The zero-order valence-corrected chi connectivity index (χ0v) is 13.6. The summed E-state index contributed by atoms with van der Waals surface area (Å²) < 4.78 is 31.0. The van der Waals surface area contributed by atoms with E-state index in [1.807, 2.05) is 0 Å². The van der Waals surface area contributed by atoms with Crippen molar-refractivity contribution in [1.29, 1.82) is 0 Å². The molecule has 9 nitrogen and oxygen atoms in total. The monoisotopic (exact) mass is 351 g/mol. The predicted octanol–water partition coefficient (Wildman–Crippen LogP) is 1.02. The van der Waals surface area contributed by atoms with Crippen LogP contribution in [-0.2, 0) is 24.3 Å². The van der Waals surface area contributed by atoms with E-state index in [1.165, 1.54) is 18.3 Å². The van der Waals surface area contributed by atoms with Gasteiger partial charge in [0, 0.05) is 6.92 Å². The summed E-state index contributed by atoms with van der Waals surface area (Å²) in [6, 6.07) is 3.61. The van der Waals surface area contributed by atoms with Crippen LogP contribution in [0.25, 0.3) is 5.57 Å². The molecular weight excluding hydrogens is 338 g/mol. The highest BCUT2D eigenvalue weighted by Gasteiger charge is 2.26. The van der Waals surface area contributed by atoms with E-state index in [0.29, 0.717) is 0 Å². The van der Waals surface area contributed by atoms with Crippen LogP contribution in [0.3, 0.4) is 0 Å². The molecule has 2 rings (SSSR count). The summed E-state index contributed by atoms with van der Waals surface area (Å²) in [4.78, 5) is 34.3. The fourth-order valence-corrected chi connectivity index (χ4v) is 3.16. The van der Waals surface area contributed by atoms with Gasteiger partial charge < -0.3 is 4.74 Å². The van der Waals surface area contributed by atoms with E-state index in [2.05, 4.69) is 10.2 Å². The van der Waals surface area contributed by atoms with Gasteiger partial charge in [-0.05, 0) is 24.6 Å². The van der Waals surface area contributed by atoms with Gasteiger partial charge in [-0.25, -0.2) is 17.9 Å². The molecular formula is C14H13N3O6S. The SMILES string of the molecule is CCOC(=O)c1cc(C2=CN=NC2=O)ccc1S(=O)(=O)NC(C)=O. The highest BCUT2D eigenvalue weighted by atomic mass is 32.2. The number of esters is 1. The summed E-state index contributed by atoms with van der Waals surface area (Å²) in [5, 5.41) is 6.78. The second-order valence-electron chi connectivity index (χ2n) is 4.66.